The van der Waals surface area contributed by atoms with E-state index in [1.807, 2.05) is 41.3 Å². The van der Waals surface area contributed by atoms with Gasteiger partial charge in [-0.15, -0.1) is 0 Å². The number of hydrogen-bond donors (Lipinski definition) is 0. The summed E-state index contributed by atoms with van der Waals surface area (Å²) < 4.78 is 6.42. The Bertz CT molecular complexity index is 642. The summed E-state index contributed by atoms with van der Waals surface area (Å²) in [7, 11) is 0. The lowest BCUT2D eigenvalue weighted by atomic mass is 10.1. The van der Waals surface area contributed by atoms with Gasteiger partial charge in [-0.3, -0.25) is 4.79 Å². The molecule has 4 heteroatoms. The zero-order valence-corrected chi connectivity index (χ0v) is 13.2. The molecule has 3 rings (SSSR count). The van der Waals surface area contributed by atoms with Gasteiger partial charge < -0.3 is 9.64 Å². The van der Waals surface area contributed by atoms with E-state index in [-0.39, 0.29) is 12.5 Å². The molecule has 0 aliphatic carbocycles. The fourth-order valence-electron chi connectivity index (χ4n) is 2.50. The molecule has 0 unspecified atom stereocenters. The van der Waals surface area contributed by atoms with Gasteiger partial charge in [0.2, 0.25) is 0 Å². The van der Waals surface area contributed by atoms with Crippen LogP contribution in [-0.2, 0) is 22.6 Å². The molecule has 2 aromatic carbocycles. The molecule has 1 heterocycles. The van der Waals surface area contributed by atoms with Crippen LogP contribution in [0.2, 0.25) is 0 Å². The number of benzene rings is 2. The quantitative estimate of drug-likeness (QED) is 0.851. The van der Waals surface area contributed by atoms with Gasteiger partial charge in [-0.25, -0.2) is 0 Å². The molecule has 0 saturated carbocycles. The summed E-state index contributed by atoms with van der Waals surface area (Å²) in [6, 6.07) is 16.2. The summed E-state index contributed by atoms with van der Waals surface area (Å²) in [6.07, 6.45) is 0.832. The van der Waals surface area contributed by atoms with Crippen LogP contribution in [-0.4, -0.2) is 19.1 Å². The molecule has 21 heavy (non-hydrogen) atoms. The Kier molecular flexibility index (Phi) is 4.36. The molecule has 3 nitrogen and oxygen atoms in total. The minimum Gasteiger partial charge on any atom is -0.367 e. The molecule has 0 fully saturated rings. The van der Waals surface area contributed by atoms with E-state index in [9.17, 15) is 4.79 Å². The van der Waals surface area contributed by atoms with Crippen molar-refractivity contribution in [1.29, 1.82) is 0 Å². The van der Waals surface area contributed by atoms with Gasteiger partial charge in [0, 0.05) is 16.6 Å². The predicted octanol–water partition coefficient (Wildman–Crippen LogP) is 3.56. The third-order valence-electron chi connectivity index (χ3n) is 3.59. The Morgan fingerprint density at radius 2 is 1.90 bits per heavy atom. The standard InChI is InChI=1S/C17H16BrNO2/c18-15-7-6-14-11-21-12-17(20)19(16(14)10-15)9-8-13-4-2-1-3-5-13/h1-7,10H,8-9,11-12H2. The Morgan fingerprint density at radius 3 is 2.71 bits per heavy atom. The molecule has 0 atom stereocenters. The average Bonchev–Trinajstić information content (AvgIpc) is 2.65. The minimum absolute atomic E-state index is 0.0165. The van der Waals surface area contributed by atoms with Gasteiger partial charge in [-0.1, -0.05) is 52.3 Å². The van der Waals surface area contributed by atoms with E-state index in [1.165, 1.54) is 5.56 Å². The zero-order valence-electron chi connectivity index (χ0n) is 11.6. The second-order valence-corrected chi connectivity index (χ2v) is 5.96. The lowest BCUT2D eigenvalue weighted by molar-refractivity contribution is -0.123. The molecule has 0 N–H and O–H groups in total. The van der Waals surface area contributed by atoms with Gasteiger partial charge >= 0.3 is 0 Å². The highest BCUT2D eigenvalue weighted by Crippen LogP contribution is 2.28. The summed E-state index contributed by atoms with van der Waals surface area (Å²) in [6.45, 7) is 1.28. The number of rotatable bonds is 3. The zero-order chi connectivity index (χ0) is 14.7. The number of carbonyl (C=O) groups excluding carboxylic acids is 1. The van der Waals surface area contributed by atoms with Gasteiger partial charge in [0.05, 0.1) is 12.3 Å². The number of amides is 1. The van der Waals surface area contributed by atoms with Crippen LogP contribution < -0.4 is 4.90 Å². The van der Waals surface area contributed by atoms with Crippen LogP contribution in [0.1, 0.15) is 11.1 Å². The molecule has 1 amide bonds. The normalized spacial score (nSPS) is 14.7. The van der Waals surface area contributed by atoms with E-state index < -0.39 is 0 Å². The molecule has 1 aliphatic rings. The highest BCUT2D eigenvalue weighted by atomic mass is 79.9. The van der Waals surface area contributed by atoms with Crippen molar-refractivity contribution in [2.75, 3.05) is 18.1 Å². The van der Waals surface area contributed by atoms with E-state index in [0.29, 0.717) is 13.2 Å². The maximum absolute atomic E-state index is 12.3. The fourth-order valence-corrected chi connectivity index (χ4v) is 2.85. The second kappa shape index (κ2) is 6.41. The van der Waals surface area contributed by atoms with Crippen LogP contribution in [0.4, 0.5) is 5.69 Å². The van der Waals surface area contributed by atoms with Crippen molar-refractivity contribution in [3.63, 3.8) is 0 Å². The molecule has 0 bridgehead atoms. The fraction of sp³-hybridized carbons (Fsp3) is 0.235. The van der Waals surface area contributed by atoms with Crippen LogP contribution in [0, 0.1) is 0 Å². The van der Waals surface area contributed by atoms with Crippen LogP contribution in [0.25, 0.3) is 0 Å². The van der Waals surface area contributed by atoms with Gasteiger partial charge in [-0.2, -0.15) is 0 Å². The third-order valence-corrected chi connectivity index (χ3v) is 4.08. The van der Waals surface area contributed by atoms with E-state index in [4.69, 9.17) is 4.74 Å². The molecular formula is C17H16BrNO2. The van der Waals surface area contributed by atoms with Gasteiger partial charge in [0.15, 0.2) is 0 Å². The Hall–Kier alpha value is -1.65. The van der Waals surface area contributed by atoms with Gasteiger partial charge in [0.1, 0.15) is 6.61 Å². The number of nitrogens with zero attached hydrogens (tertiary/aromatic N) is 1. The summed E-state index contributed by atoms with van der Waals surface area (Å²) in [4.78, 5) is 14.1. The minimum atomic E-state index is 0.0165. The summed E-state index contributed by atoms with van der Waals surface area (Å²) in [5, 5.41) is 0. The SMILES string of the molecule is O=C1COCc2ccc(Br)cc2N1CCc1ccccc1. The molecule has 0 radical (unpaired) electrons. The maximum Gasteiger partial charge on any atom is 0.253 e. The smallest absolute Gasteiger partial charge is 0.253 e. The largest absolute Gasteiger partial charge is 0.367 e. The molecular weight excluding hydrogens is 330 g/mol. The summed E-state index contributed by atoms with van der Waals surface area (Å²) in [5.74, 6) is 0.0165. The number of fused-ring (bicyclic) bond motifs is 1. The molecule has 1 aliphatic heterocycles. The van der Waals surface area contributed by atoms with Crippen LogP contribution in [0.3, 0.4) is 0 Å². The lowest BCUT2D eigenvalue weighted by Gasteiger charge is -2.22. The van der Waals surface area contributed by atoms with Crippen LogP contribution >= 0.6 is 15.9 Å². The number of carbonyl (C=O) groups is 1. The second-order valence-electron chi connectivity index (χ2n) is 5.05. The summed E-state index contributed by atoms with van der Waals surface area (Å²) in [5.41, 5.74) is 3.23. The van der Waals surface area contributed by atoms with E-state index in [2.05, 4.69) is 28.1 Å². The Morgan fingerprint density at radius 1 is 1.10 bits per heavy atom. The Labute approximate surface area is 132 Å². The summed E-state index contributed by atoms with van der Waals surface area (Å²) >= 11 is 3.48. The molecule has 0 saturated heterocycles. The van der Waals surface area contributed by atoms with Crippen molar-refractivity contribution in [1.82, 2.24) is 0 Å². The van der Waals surface area contributed by atoms with Crippen molar-refractivity contribution < 1.29 is 9.53 Å². The van der Waals surface area contributed by atoms with Gasteiger partial charge in [-0.05, 0) is 24.1 Å². The first-order chi connectivity index (χ1) is 10.2. The van der Waals surface area contributed by atoms with Crippen molar-refractivity contribution in [2.45, 2.75) is 13.0 Å². The molecule has 0 aromatic heterocycles. The number of halogens is 1. The maximum atomic E-state index is 12.3. The highest BCUT2D eigenvalue weighted by molar-refractivity contribution is 9.10. The molecule has 108 valence electrons. The highest BCUT2D eigenvalue weighted by Gasteiger charge is 2.22. The first kappa shape index (κ1) is 14.3. The first-order valence-corrected chi connectivity index (χ1v) is 7.74. The number of anilines is 1. The number of ether oxygens (including phenoxy) is 1. The lowest BCUT2D eigenvalue weighted by Crippen LogP contribution is -2.34. The van der Waals surface area contributed by atoms with Crippen molar-refractivity contribution in [2.24, 2.45) is 0 Å². The van der Waals surface area contributed by atoms with Crippen LogP contribution in [0.15, 0.2) is 53.0 Å². The van der Waals surface area contributed by atoms with E-state index >= 15 is 0 Å². The number of hydrogen-bond acceptors (Lipinski definition) is 2. The monoisotopic (exact) mass is 345 g/mol. The van der Waals surface area contributed by atoms with E-state index in [0.717, 1.165) is 22.1 Å². The average molecular weight is 346 g/mol. The third kappa shape index (κ3) is 3.34. The first-order valence-electron chi connectivity index (χ1n) is 6.94. The molecule has 2 aromatic rings. The van der Waals surface area contributed by atoms with Crippen molar-refractivity contribution in [3.05, 3.63) is 64.1 Å². The van der Waals surface area contributed by atoms with Gasteiger partial charge in [0.25, 0.3) is 5.91 Å². The van der Waals surface area contributed by atoms with E-state index in [1.54, 1.807) is 0 Å². The predicted molar refractivity (Wildman–Crippen MR) is 86.3 cm³/mol. The topological polar surface area (TPSA) is 29.5 Å². The van der Waals surface area contributed by atoms with Crippen molar-refractivity contribution >= 4 is 27.5 Å². The Balaban J connectivity index is 1.85. The van der Waals surface area contributed by atoms with Crippen LogP contribution in [0.5, 0.6) is 0 Å². The molecule has 0 spiro atoms. The van der Waals surface area contributed by atoms with Crippen molar-refractivity contribution in [3.8, 4) is 0 Å².